The van der Waals surface area contributed by atoms with Gasteiger partial charge in [-0.2, -0.15) is 0 Å². The minimum absolute atomic E-state index is 0.0627. The van der Waals surface area contributed by atoms with E-state index < -0.39 is 0 Å². The number of nitrogen functional groups attached to an aromatic ring is 2. The van der Waals surface area contributed by atoms with Gasteiger partial charge in [-0.15, -0.1) is 0 Å². The zero-order chi connectivity index (χ0) is 17.8. The second-order valence-electron chi connectivity index (χ2n) is 5.84. The summed E-state index contributed by atoms with van der Waals surface area (Å²) in [5, 5.41) is 0. The van der Waals surface area contributed by atoms with Crippen molar-refractivity contribution in [2.24, 2.45) is 0 Å². The summed E-state index contributed by atoms with van der Waals surface area (Å²) in [6.45, 7) is 0. The topological polar surface area (TPSA) is 70.5 Å². The van der Waals surface area contributed by atoms with Crippen LogP contribution in [0.4, 0.5) is 11.4 Å². The number of hydrogen-bond acceptors (Lipinski definition) is 4. The maximum Gasteiger partial charge on any atom is 0.126 e. The van der Waals surface area contributed by atoms with E-state index in [9.17, 15) is 0 Å². The Morgan fingerprint density at radius 1 is 0.640 bits per heavy atom. The summed E-state index contributed by atoms with van der Waals surface area (Å²) in [5.74, 6) is 1.49. The van der Waals surface area contributed by atoms with Crippen LogP contribution in [0, 0.1) is 0 Å². The Labute approximate surface area is 148 Å². The van der Waals surface area contributed by atoms with Gasteiger partial charge >= 0.3 is 0 Å². The first-order chi connectivity index (χ1) is 12.1. The number of anilines is 2. The van der Waals surface area contributed by atoms with Crippen LogP contribution in [0.15, 0.2) is 66.7 Å². The Morgan fingerprint density at radius 2 is 1.04 bits per heavy atom. The molecule has 0 fully saturated rings. The van der Waals surface area contributed by atoms with E-state index in [1.807, 2.05) is 66.7 Å². The lowest BCUT2D eigenvalue weighted by molar-refractivity contribution is 0.384. The van der Waals surface area contributed by atoms with Crippen molar-refractivity contribution in [3.63, 3.8) is 0 Å². The molecule has 3 aromatic rings. The Balaban J connectivity index is 2.25. The minimum Gasteiger partial charge on any atom is -0.496 e. The van der Waals surface area contributed by atoms with Crippen molar-refractivity contribution in [2.75, 3.05) is 25.7 Å². The van der Waals surface area contributed by atoms with Gasteiger partial charge in [0.1, 0.15) is 11.5 Å². The molecule has 4 N–H and O–H groups in total. The van der Waals surface area contributed by atoms with Crippen LogP contribution in [-0.2, 0) is 0 Å². The number of rotatable bonds is 5. The van der Waals surface area contributed by atoms with Gasteiger partial charge in [-0.3, -0.25) is 0 Å². The molecule has 0 aliphatic rings. The SMILES string of the molecule is COc1cccc(OC)c1C(c1ccc(N)cc1)c1ccc(N)cc1. The first-order valence-corrected chi connectivity index (χ1v) is 8.05. The minimum atomic E-state index is -0.0627. The molecule has 0 atom stereocenters. The number of ether oxygens (including phenoxy) is 2. The summed E-state index contributed by atoms with van der Waals surface area (Å²) in [5.41, 5.74) is 16.4. The van der Waals surface area contributed by atoms with E-state index in [2.05, 4.69) is 0 Å². The molecule has 25 heavy (non-hydrogen) atoms. The zero-order valence-corrected chi connectivity index (χ0v) is 14.4. The molecule has 0 aliphatic carbocycles. The summed E-state index contributed by atoms with van der Waals surface area (Å²) in [6, 6.07) is 21.5. The van der Waals surface area contributed by atoms with E-state index in [0.717, 1.165) is 39.6 Å². The van der Waals surface area contributed by atoms with Crippen molar-refractivity contribution in [3.8, 4) is 11.5 Å². The van der Waals surface area contributed by atoms with Crippen molar-refractivity contribution < 1.29 is 9.47 Å². The van der Waals surface area contributed by atoms with Crippen LogP contribution in [0.2, 0.25) is 0 Å². The highest BCUT2D eigenvalue weighted by Crippen LogP contribution is 2.42. The van der Waals surface area contributed by atoms with Crippen LogP contribution in [0.25, 0.3) is 0 Å². The Hall–Kier alpha value is -3.14. The number of nitrogens with two attached hydrogens (primary N) is 2. The van der Waals surface area contributed by atoms with Crippen LogP contribution in [-0.4, -0.2) is 14.2 Å². The van der Waals surface area contributed by atoms with Crippen LogP contribution < -0.4 is 20.9 Å². The monoisotopic (exact) mass is 334 g/mol. The lowest BCUT2D eigenvalue weighted by atomic mass is 9.84. The van der Waals surface area contributed by atoms with E-state index in [0.29, 0.717) is 0 Å². The smallest absolute Gasteiger partial charge is 0.126 e. The summed E-state index contributed by atoms with van der Waals surface area (Å²) < 4.78 is 11.3. The molecule has 0 spiro atoms. The van der Waals surface area contributed by atoms with Crippen molar-refractivity contribution in [1.82, 2.24) is 0 Å². The molecule has 4 nitrogen and oxygen atoms in total. The van der Waals surface area contributed by atoms with Crippen LogP contribution in [0.5, 0.6) is 11.5 Å². The summed E-state index contributed by atoms with van der Waals surface area (Å²) in [7, 11) is 3.34. The summed E-state index contributed by atoms with van der Waals surface area (Å²) in [6.07, 6.45) is 0. The highest BCUT2D eigenvalue weighted by molar-refractivity contribution is 5.57. The largest absolute Gasteiger partial charge is 0.496 e. The molecule has 0 unspecified atom stereocenters. The van der Waals surface area contributed by atoms with Gasteiger partial charge in [0.25, 0.3) is 0 Å². The van der Waals surface area contributed by atoms with Crippen LogP contribution in [0.3, 0.4) is 0 Å². The van der Waals surface area contributed by atoms with Crippen molar-refractivity contribution in [3.05, 3.63) is 83.4 Å². The van der Waals surface area contributed by atoms with Gasteiger partial charge in [-0.05, 0) is 47.5 Å². The predicted octanol–water partition coefficient (Wildman–Crippen LogP) is 4.05. The molecule has 0 aromatic heterocycles. The van der Waals surface area contributed by atoms with E-state index in [4.69, 9.17) is 20.9 Å². The number of hydrogen-bond donors (Lipinski definition) is 2. The molecule has 3 rings (SSSR count). The summed E-state index contributed by atoms with van der Waals surface area (Å²) in [4.78, 5) is 0. The molecular formula is C21H22N2O2. The maximum atomic E-state index is 5.87. The molecule has 0 bridgehead atoms. The van der Waals surface area contributed by atoms with Crippen molar-refractivity contribution >= 4 is 11.4 Å². The van der Waals surface area contributed by atoms with E-state index in [1.54, 1.807) is 14.2 Å². The zero-order valence-electron chi connectivity index (χ0n) is 14.4. The predicted molar refractivity (Wildman–Crippen MR) is 102 cm³/mol. The molecule has 0 heterocycles. The molecule has 0 amide bonds. The fourth-order valence-corrected chi connectivity index (χ4v) is 3.07. The van der Waals surface area contributed by atoms with Crippen molar-refractivity contribution in [2.45, 2.75) is 5.92 Å². The van der Waals surface area contributed by atoms with Crippen LogP contribution in [0.1, 0.15) is 22.6 Å². The third kappa shape index (κ3) is 3.38. The second kappa shape index (κ2) is 7.18. The molecule has 3 aromatic carbocycles. The highest BCUT2D eigenvalue weighted by Gasteiger charge is 2.24. The normalized spacial score (nSPS) is 10.7. The third-order valence-electron chi connectivity index (χ3n) is 4.29. The highest BCUT2D eigenvalue weighted by atomic mass is 16.5. The van der Waals surface area contributed by atoms with Gasteiger partial charge in [0.15, 0.2) is 0 Å². The number of methoxy groups -OCH3 is 2. The lowest BCUT2D eigenvalue weighted by Crippen LogP contribution is -2.08. The first-order valence-electron chi connectivity index (χ1n) is 8.05. The second-order valence-corrected chi connectivity index (χ2v) is 5.84. The standard InChI is InChI=1S/C21H22N2O2/c1-24-18-4-3-5-19(25-2)21(18)20(14-6-10-16(22)11-7-14)15-8-12-17(23)13-9-15/h3-13,20H,22-23H2,1-2H3. The molecular weight excluding hydrogens is 312 g/mol. The molecule has 0 saturated carbocycles. The van der Waals surface area contributed by atoms with E-state index in [1.165, 1.54) is 0 Å². The third-order valence-corrected chi connectivity index (χ3v) is 4.29. The first kappa shape index (κ1) is 16.7. The molecule has 0 radical (unpaired) electrons. The molecule has 0 saturated heterocycles. The Kier molecular flexibility index (Phi) is 4.80. The summed E-state index contributed by atoms with van der Waals surface area (Å²) >= 11 is 0. The van der Waals surface area contributed by atoms with Gasteiger partial charge < -0.3 is 20.9 Å². The van der Waals surface area contributed by atoms with E-state index in [-0.39, 0.29) is 5.92 Å². The van der Waals surface area contributed by atoms with Gasteiger partial charge in [0.2, 0.25) is 0 Å². The Bertz CT molecular complexity index is 775. The number of benzene rings is 3. The Morgan fingerprint density at radius 3 is 1.40 bits per heavy atom. The molecule has 128 valence electrons. The average molecular weight is 334 g/mol. The average Bonchev–Trinajstić information content (AvgIpc) is 2.65. The fraction of sp³-hybridized carbons (Fsp3) is 0.143. The van der Waals surface area contributed by atoms with Gasteiger partial charge in [0.05, 0.1) is 14.2 Å². The van der Waals surface area contributed by atoms with E-state index >= 15 is 0 Å². The van der Waals surface area contributed by atoms with Crippen LogP contribution >= 0.6 is 0 Å². The molecule has 0 aliphatic heterocycles. The quantitative estimate of drug-likeness (QED) is 0.545. The molecule has 4 heteroatoms. The van der Waals surface area contributed by atoms with Crippen molar-refractivity contribution in [1.29, 1.82) is 0 Å². The fourth-order valence-electron chi connectivity index (χ4n) is 3.07. The van der Waals surface area contributed by atoms with Gasteiger partial charge in [0, 0.05) is 22.9 Å². The van der Waals surface area contributed by atoms with Gasteiger partial charge in [-0.25, -0.2) is 0 Å². The maximum absolute atomic E-state index is 5.87. The lowest BCUT2D eigenvalue weighted by Gasteiger charge is -2.23. The van der Waals surface area contributed by atoms with Gasteiger partial charge in [-0.1, -0.05) is 30.3 Å².